The molecule has 0 atom stereocenters. The number of nitrogens with zero attached hydrogens (tertiary/aromatic N) is 5. The van der Waals surface area contributed by atoms with Crippen molar-refractivity contribution in [3.05, 3.63) is 71.5 Å². The minimum atomic E-state index is 0.0550. The maximum Gasteiger partial charge on any atom is 0.169 e. The average Bonchev–Trinajstić information content (AvgIpc) is 3.67. The summed E-state index contributed by atoms with van der Waals surface area (Å²) in [5, 5.41) is 8.75. The van der Waals surface area contributed by atoms with E-state index < -0.39 is 0 Å². The molecule has 10 heteroatoms. The molecule has 0 aliphatic heterocycles. The molecule has 5 aromatic rings. The second-order valence-electron chi connectivity index (χ2n) is 9.77. The fourth-order valence-electron chi connectivity index (χ4n) is 5.42. The van der Waals surface area contributed by atoms with E-state index in [1.165, 1.54) is 0 Å². The standard InChI is InChI=1S/C29H26N6O4/c1-37-18-9-8-17(21(13-18)38-2)14-31-28-25-23-19(35(29(25)33-15-32-28)22-5-3-4-12-30-22)10-11-20(36)24-26(23)34-39-27(24)16-6-7-16/h3-5,8-9,12-13,15-16H,6-7,10-11,14H2,1-2H3,(H,31,32,33). The van der Waals surface area contributed by atoms with Crippen LogP contribution in [0.5, 0.6) is 11.5 Å². The number of methoxy groups -OCH3 is 2. The molecule has 196 valence electrons. The number of carbonyl (C=O) groups excluding carboxylic acids is 1. The van der Waals surface area contributed by atoms with Gasteiger partial charge in [-0.25, -0.2) is 15.0 Å². The summed E-state index contributed by atoms with van der Waals surface area (Å²) in [6.45, 7) is 0.445. The number of aromatic nitrogens is 5. The molecule has 1 N–H and O–H groups in total. The van der Waals surface area contributed by atoms with Crippen molar-refractivity contribution in [1.82, 2.24) is 24.7 Å². The van der Waals surface area contributed by atoms with Gasteiger partial charge >= 0.3 is 0 Å². The van der Waals surface area contributed by atoms with E-state index in [0.29, 0.717) is 65.2 Å². The molecule has 0 unspecified atom stereocenters. The van der Waals surface area contributed by atoms with Crippen LogP contribution < -0.4 is 14.8 Å². The highest BCUT2D eigenvalue weighted by Crippen LogP contribution is 2.48. The van der Waals surface area contributed by atoms with Gasteiger partial charge in [-0.3, -0.25) is 9.36 Å². The minimum absolute atomic E-state index is 0.0550. The Bertz CT molecular complexity index is 1720. The third-order valence-corrected chi connectivity index (χ3v) is 7.44. The Morgan fingerprint density at radius 3 is 2.72 bits per heavy atom. The summed E-state index contributed by atoms with van der Waals surface area (Å²) in [6, 6.07) is 11.4. The van der Waals surface area contributed by atoms with Crippen molar-refractivity contribution in [3.63, 3.8) is 0 Å². The summed E-state index contributed by atoms with van der Waals surface area (Å²) in [5.41, 5.74) is 4.52. The van der Waals surface area contributed by atoms with Gasteiger partial charge in [0.25, 0.3) is 0 Å². The van der Waals surface area contributed by atoms with E-state index in [1.54, 1.807) is 26.7 Å². The number of nitrogens with one attached hydrogen (secondary N) is 1. The molecule has 10 nitrogen and oxygen atoms in total. The zero-order valence-corrected chi connectivity index (χ0v) is 21.6. The Kier molecular flexibility index (Phi) is 5.54. The predicted molar refractivity (Wildman–Crippen MR) is 144 cm³/mol. The number of ketones is 1. The molecule has 1 saturated carbocycles. The molecule has 1 aromatic carbocycles. The van der Waals surface area contributed by atoms with Crippen LogP contribution in [-0.2, 0) is 13.0 Å². The topological polar surface area (TPSA) is 117 Å². The molecule has 4 heterocycles. The fraction of sp³-hybridized carbons (Fsp3) is 0.276. The van der Waals surface area contributed by atoms with Crippen LogP contribution in [0.1, 0.15) is 52.6 Å². The van der Waals surface area contributed by atoms with Crippen molar-refractivity contribution in [2.45, 2.75) is 38.1 Å². The van der Waals surface area contributed by atoms with E-state index in [4.69, 9.17) is 19.0 Å². The molecule has 0 amide bonds. The van der Waals surface area contributed by atoms with E-state index in [9.17, 15) is 4.79 Å². The van der Waals surface area contributed by atoms with Gasteiger partial charge < -0.3 is 19.3 Å². The molecule has 39 heavy (non-hydrogen) atoms. The summed E-state index contributed by atoms with van der Waals surface area (Å²) in [7, 11) is 3.26. The number of ether oxygens (including phenoxy) is 2. The molecule has 7 rings (SSSR count). The molecule has 0 radical (unpaired) electrons. The number of pyridine rings is 1. The van der Waals surface area contributed by atoms with Crippen molar-refractivity contribution >= 4 is 22.6 Å². The molecular weight excluding hydrogens is 496 g/mol. The third-order valence-electron chi connectivity index (χ3n) is 7.44. The van der Waals surface area contributed by atoms with Crippen LogP contribution in [0.3, 0.4) is 0 Å². The van der Waals surface area contributed by atoms with Gasteiger partial charge in [-0.2, -0.15) is 0 Å². The molecule has 2 aliphatic rings. The first-order chi connectivity index (χ1) is 19.2. The summed E-state index contributed by atoms with van der Waals surface area (Å²) in [4.78, 5) is 27.3. The van der Waals surface area contributed by atoms with Gasteiger partial charge in [0.15, 0.2) is 17.2 Å². The number of benzene rings is 1. The molecular formula is C29H26N6O4. The lowest BCUT2D eigenvalue weighted by Crippen LogP contribution is -2.07. The zero-order chi connectivity index (χ0) is 26.5. The van der Waals surface area contributed by atoms with Crippen LogP contribution in [-0.4, -0.2) is 44.7 Å². The van der Waals surface area contributed by atoms with Crippen LogP contribution in [0.4, 0.5) is 5.82 Å². The number of fused-ring (bicyclic) bond motifs is 5. The Hall–Kier alpha value is -4.73. The minimum Gasteiger partial charge on any atom is -0.497 e. The lowest BCUT2D eigenvalue weighted by atomic mass is 10.0. The van der Waals surface area contributed by atoms with Gasteiger partial charge in [-0.1, -0.05) is 11.2 Å². The van der Waals surface area contributed by atoms with Gasteiger partial charge in [0, 0.05) is 48.0 Å². The van der Waals surface area contributed by atoms with Crippen molar-refractivity contribution in [2.24, 2.45) is 0 Å². The number of carbonyl (C=O) groups is 1. The highest BCUT2D eigenvalue weighted by atomic mass is 16.5. The average molecular weight is 523 g/mol. The molecule has 0 bridgehead atoms. The second kappa shape index (κ2) is 9.23. The Labute approximate surface area is 224 Å². The van der Waals surface area contributed by atoms with E-state index >= 15 is 0 Å². The van der Waals surface area contributed by atoms with Crippen molar-refractivity contribution < 1.29 is 18.8 Å². The van der Waals surface area contributed by atoms with Crippen molar-refractivity contribution in [2.75, 3.05) is 19.5 Å². The number of hydrogen-bond donors (Lipinski definition) is 1. The first-order valence-corrected chi connectivity index (χ1v) is 13.0. The van der Waals surface area contributed by atoms with Crippen molar-refractivity contribution in [1.29, 1.82) is 0 Å². The fourth-order valence-corrected chi connectivity index (χ4v) is 5.42. The monoisotopic (exact) mass is 522 g/mol. The van der Waals surface area contributed by atoms with E-state index in [1.807, 2.05) is 41.0 Å². The van der Waals surface area contributed by atoms with Crippen molar-refractivity contribution in [3.8, 4) is 28.6 Å². The van der Waals surface area contributed by atoms with Crippen LogP contribution >= 0.6 is 0 Å². The number of Topliss-reactive ketones (excluding diaryl/α,β-unsaturated/α-hetero) is 1. The molecule has 4 aromatic heterocycles. The van der Waals surface area contributed by atoms with Gasteiger partial charge in [0.05, 0.1) is 25.2 Å². The lowest BCUT2D eigenvalue weighted by molar-refractivity contribution is 0.0982. The SMILES string of the molecule is COc1ccc(CNc2ncnc3c2c2c(n3-c3ccccn3)CCC(=O)c3c-2noc3C2CC2)c(OC)c1. The Morgan fingerprint density at radius 2 is 1.95 bits per heavy atom. The highest BCUT2D eigenvalue weighted by Gasteiger charge is 2.39. The lowest BCUT2D eigenvalue weighted by Gasteiger charge is -2.12. The van der Waals surface area contributed by atoms with Crippen LogP contribution in [0.2, 0.25) is 0 Å². The smallest absolute Gasteiger partial charge is 0.169 e. The van der Waals surface area contributed by atoms with Crippen LogP contribution in [0.25, 0.3) is 28.1 Å². The van der Waals surface area contributed by atoms with Gasteiger partial charge in [0.1, 0.15) is 35.2 Å². The second-order valence-corrected chi connectivity index (χ2v) is 9.77. The molecule has 2 aliphatic carbocycles. The predicted octanol–water partition coefficient (Wildman–Crippen LogP) is 5.11. The summed E-state index contributed by atoms with van der Waals surface area (Å²) in [5.74, 6) is 3.78. The summed E-state index contributed by atoms with van der Waals surface area (Å²) in [6.07, 6.45) is 6.18. The largest absolute Gasteiger partial charge is 0.497 e. The zero-order valence-electron chi connectivity index (χ0n) is 21.6. The van der Waals surface area contributed by atoms with Crippen LogP contribution in [0.15, 0.2) is 53.4 Å². The van der Waals surface area contributed by atoms with Gasteiger partial charge in [-0.15, -0.1) is 0 Å². The van der Waals surface area contributed by atoms with E-state index in [0.717, 1.165) is 35.0 Å². The van der Waals surface area contributed by atoms with Gasteiger partial charge in [-0.05, 0) is 43.5 Å². The maximum atomic E-state index is 13.4. The third kappa shape index (κ3) is 3.82. The number of anilines is 1. The molecule has 0 spiro atoms. The summed E-state index contributed by atoms with van der Waals surface area (Å²) < 4.78 is 18.8. The Morgan fingerprint density at radius 1 is 1.05 bits per heavy atom. The van der Waals surface area contributed by atoms with Gasteiger partial charge in [0.2, 0.25) is 0 Å². The normalized spacial score (nSPS) is 14.6. The summed E-state index contributed by atoms with van der Waals surface area (Å²) >= 11 is 0. The Balaban J connectivity index is 1.43. The highest BCUT2D eigenvalue weighted by molar-refractivity contribution is 6.11. The first-order valence-electron chi connectivity index (χ1n) is 13.0. The quantitative estimate of drug-likeness (QED) is 0.311. The molecule has 0 saturated heterocycles. The number of rotatable bonds is 7. The van der Waals surface area contributed by atoms with Crippen LogP contribution in [0, 0.1) is 0 Å². The van der Waals surface area contributed by atoms with E-state index in [-0.39, 0.29) is 11.7 Å². The maximum absolute atomic E-state index is 13.4. The number of hydrogen-bond acceptors (Lipinski definition) is 9. The van der Waals surface area contributed by atoms with E-state index in [2.05, 4.69) is 20.4 Å². The molecule has 1 fully saturated rings. The first kappa shape index (κ1) is 23.4.